The SMILES string of the molecule is CCC1(O)C(=O)OCc2c1cc1n(c2=O)Cc2cc3ccccc3nc2-1.CN1CCCC1CCOC(C)(c1ccccc1)c1ccc(Cl)cc1.O=C(O)C=CC(=O)O. The fourth-order valence-corrected chi connectivity index (χ4v) is 7.79. The summed E-state index contributed by atoms with van der Waals surface area (Å²) >= 11 is 6.07. The summed E-state index contributed by atoms with van der Waals surface area (Å²) in [6.45, 7) is 6.13. The Balaban J connectivity index is 0.000000166. The third kappa shape index (κ3) is 8.90. The van der Waals surface area contributed by atoms with Crippen LogP contribution in [0.2, 0.25) is 5.02 Å². The smallest absolute Gasteiger partial charge is 0.343 e. The van der Waals surface area contributed by atoms with Crippen LogP contribution in [0.5, 0.6) is 0 Å². The van der Waals surface area contributed by atoms with Crippen molar-refractivity contribution in [3.8, 4) is 11.4 Å². The van der Waals surface area contributed by atoms with Crippen LogP contribution in [0.15, 0.2) is 108 Å². The highest BCUT2D eigenvalue weighted by atomic mass is 35.5. The average Bonchev–Trinajstić information content (AvgIpc) is 3.80. The highest BCUT2D eigenvalue weighted by Gasteiger charge is 2.45. The molecule has 2 aromatic heterocycles. The van der Waals surface area contributed by atoms with Crippen LogP contribution in [0, 0.1) is 0 Å². The molecule has 1 fully saturated rings. The maximum absolute atomic E-state index is 13.0. The minimum absolute atomic E-state index is 0.110. The Morgan fingerprint density at radius 3 is 2.28 bits per heavy atom. The Kier molecular flexibility index (Phi) is 12.9. The van der Waals surface area contributed by atoms with E-state index in [9.17, 15) is 24.3 Å². The number of aliphatic hydroxyl groups is 1. The van der Waals surface area contributed by atoms with Gasteiger partial charge in [0.25, 0.3) is 5.56 Å². The van der Waals surface area contributed by atoms with Gasteiger partial charge in [-0.1, -0.05) is 79.2 Å². The summed E-state index contributed by atoms with van der Waals surface area (Å²) in [6, 6.07) is 30.7. The van der Waals surface area contributed by atoms with E-state index in [1.54, 1.807) is 17.6 Å². The summed E-state index contributed by atoms with van der Waals surface area (Å²) in [5.41, 5.74) is 3.67. The molecule has 5 heterocycles. The molecule has 3 aliphatic heterocycles. The number of carbonyl (C=O) groups is 3. The first-order chi connectivity index (χ1) is 27.7. The van der Waals surface area contributed by atoms with Gasteiger partial charge in [0.1, 0.15) is 12.2 Å². The topological polar surface area (TPSA) is 168 Å². The van der Waals surface area contributed by atoms with Gasteiger partial charge in [-0.05, 0) is 87.7 Å². The second-order valence-corrected chi connectivity index (χ2v) is 15.1. The molecule has 5 aromatic rings. The number of aromatic nitrogens is 2. The number of likely N-dealkylation sites (tertiary alicyclic amines) is 1. The van der Waals surface area contributed by atoms with Gasteiger partial charge in [0.15, 0.2) is 5.60 Å². The molecule has 0 aliphatic carbocycles. The summed E-state index contributed by atoms with van der Waals surface area (Å²) in [4.78, 5) is 51.4. The number of carbonyl (C=O) groups excluding carboxylic acids is 1. The van der Waals surface area contributed by atoms with Gasteiger partial charge in [0, 0.05) is 46.3 Å². The van der Waals surface area contributed by atoms with Crippen molar-refractivity contribution in [2.45, 2.75) is 69.9 Å². The first-order valence-corrected chi connectivity index (χ1v) is 19.5. The molecule has 3 unspecified atom stereocenters. The molecule has 0 spiro atoms. The molecule has 3 N–H and O–H groups in total. The molecule has 0 amide bonds. The van der Waals surface area contributed by atoms with Crippen LogP contribution >= 0.6 is 11.6 Å². The number of fused-ring (bicyclic) bond motifs is 5. The number of ether oxygens (including phenoxy) is 2. The van der Waals surface area contributed by atoms with Crippen LogP contribution in [0.4, 0.5) is 0 Å². The fraction of sp³-hybridized carbons (Fsp3) is 0.311. The van der Waals surface area contributed by atoms with E-state index < -0.39 is 29.1 Å². The van der Waals surface area contributed by atoms with E-state index in [-0.39, 0.29) is 18.6 Å². The Hall–Kier alpha value is -5.66. The molecule has 3 aromatic carbocycles. The number of para-hydroxylation sites is 1. The van der Waals surface area contributed by atoms with E-state index in [0.29, 0.717) is 41.6 Å². The zero-order chi connectivity index (χ0) is 41.6. The van der Waals surface area contributed by atoms with Gasteiger partial charge < -0.3 is 34.3 Å². The van der Waals surface area contributed by atoms with Gasteiger partial charge in [-0.15, -0.1) is 0 Å². The zero-order valence-corrected chi connectivity index (χ0v) is 33.3. The van der Waals surface area contributed by atoms with Crippen molar-refractivity contribution in [2.75, 3.05) is 20.2 Å². The van der Waals surface area contributed by atoms with Gasteiger partial charge in [-0.25, -0.2) is 19.4 Å². The Labute approximate surface area is 340 Å². The Morgan fingerprint density at radius 1 is 0.983 bits per heavy atom. The molecule has 3 atom stereocenters. The minimum Gasteiger partial charge on any atom is -0.478 e. The molecule has 302 valence electrons. The summed E-state index contributed by atoms with van der Waals surface area (Å²) < 4.78 is 13.2. The monoisotopic (exact) mass is 807 g/mol. The summed E-state index contributed by atoms with van der Waals surface area (Å²) in [5.74, 6) is -3.22. The van der Waals surface area contributed by atoms with Crippen molar-refractivity contribution in [2.24, 2.45) is 0 Å². The van der Waals surface area contributed by atoms with Gasteiger partial charge in [-0.3, -0.25) is 4.79 Å². The van der Waals surface area contributed by atoms with E-state index in [0.717, 1.165) is 45.8 Å². The van der Waals surface area contributed by atoms with E-state index in [2.05, 4.69) is 55.3 Å². The average molecular weight is 808 g/mol. The molecule has 0 saturated carbocycles. The summed E-state index contributed by atoms with van der Waals surface area (Å²) in [5, 5.41) is 28.2. The Bertz CT molecular complexity index is 2380. The number of hydrogen-bond donors (Lipinski definition) is 3. The first kappa shape index (κ1) is 42.0. The number of esters is 1. The van der Waals surface area contributed by atoms with Crippen molar-refractivity contribution in [1.29, 1.82) is 0 Å². The van der Waals surface area contributed by atoms with Crippen LogP contribution in [0.3, 0.4) is 0 Å². The number of carboxylic acids is 2. The van der Waals surface area contributed by atoms with Crippen LogP contribution in [0.25, 0.3) is 22.3 Å². The molecule has 3 aliphatic rings. The molecule has 58 heavy (non-hydrogen) atoms. The Morgan fingerprint density at radius 2 is 1.64 bits per heavy atom. The number of pyridine rings is 2. The number of hydrogen-bond acceptors (Lipinski definition) is 9. The first-order valence-electron chi connectivity index (χ1n) is 19.1. The zero-order valence-electron chi connectivity index (χ0n) is 32.6. The molecule has 1 saturated heterocycles. The number of carboxylic acid groups (broad SMARTS) is 2. The molecule has 0 bridgehead atoms. The highest BCUT2D eigenvalue weighted by molar-refractivity contribution is 6.30. The quantitative estimate of drug-likeness (QED) is 0.103. The van der Waals surface area contributed by atoms with Gasteiger partial charge in [0.2, 0.25) is 0 Å². The van der Waals surface area contributed by atoms with E-state index >= 15 is 0 Å². The minimum atomic E-state index is -1.79. The fourth-order valence-electron chi connectivity index (χ4n) is 7.67. The summed E-state index contributed by atoms with van der Waals surface area (Å²) in [6.07, 6.45) is 4.91. The van der Waals surface area contributed by atoms with Crippen molar-refractivity contribution >= 4 is 40.4 Å². The number of benzene rings is 3. The van der Waals surface area contributed by atoms with E-state index in [1.807, 2.05) is 48.5 Å². The van der Waals surface area contributed by atoms with E-state index in [1.165, 1.54) is 24.9 Å². The van der Waals surface area contributed by atoms with Crippen molar-refractivity contribution in [3.63, 3.8) is 0 Å². The lowest BCUT2D eigenvalue weighted by Crippen LogP contribution is -2.44. The third-order valence-corrected chi connectivity index (χ3v) is 11.3. The van der Waals surface area contributed by atoms with Crippen LogP contribution in [0.1, 0.15) is 67.3 Å². The number of cyclic esters (lactones) is 1. The summed E-state index contributed by atoms with van der Waals surface area (Å²) in [7, 11) is 2.22. The second-order valence-electron chi connectivity index (χ2n) is 14.6. The maximum atomic E-state index is 13.0. The number of aliphatic carboxylic acids is 2. The number of nitrogens with zero attached hydrogens (tertiary/aromatic N) is 3. The molecule has 8 rings (SSSR count). The predicted molar refractivity (Wildman–Crippen MR) is 220 cm³/mol. The highest BCUT2D eigenvalue weighted by Crippen LogP contribution is 2.39. The van der Waals surface area contributed by atoms with Crippen LogP contribution in [-0.4, -0.2) is 73.9 Å². The lowest BCUT2D eigenvalue weighted by atomic mass is 9.86. The van der Waals surface area contributed by atoms with Crippen molar-refractivity contribution in [1.82, 2.24) is 14.5 Å². The standard InChI is InChI=1S/C21H26ClNO.C20H16N2O4.C4H4O4/c1-21(17-7-4-3-5-8-17,18-10-12-19(22)13-11-18)24-16-14-20-9-6-15-23(20)2;1-2-20(25)14-8-16-17-12(7-11-5-3-4-6-15(11)21-17)9-22(16)18(23)13(14)10-26-19(20)24;5-3(6)1-2-4(7)8/h3-5,7-8,10-13,20H,6,9,14-16H2,1-2H3;3-8,25H,2,9-10H2,1H3;1-2H,(H,5,6)(H,7,8). The molecular weight excluding hydrogens is 762 g/mol. The van der Waals surface area contributed by atoms with Crippen LogP contribution < -0.4 is 5.56 Å². The third-order valence-electron chi connectivity index (χ3n) is 11.0. The van der Waals surface area contributed by atoms with Crippen molar-refractivity contribution in [3.05, 3.63) is 146 Å². The largest absolute Gasteiger partial charge is 0.478 e. The second kappa shape index (κ2) is 17.9. The molecular formula is C45H46ClN3O9. The molecule has 0 radical (unpaired) electrons. The van der Waals surface area contributed by atoms with Gasteiger partial charge >= 0.3 is 17.9 Å². The van der Waals surface area contributed by atoms with E-state index in [4.69, 9.17) is 36.3 Å². The van der Waals surface area contributed by atoms with Crippen LogP contribution in [-0.2, 0) is 48.2 Å². The number of halogens is 1. The lowest BCUT2D eigenvalue weighted by Gasteiger charge is -2.32. The lowest BCUT2D eigenvalue weighted by molar-refractivity contribution is -0.172. The maximum Gasteiger partial charge on any atom is 0.343 e. The molecule has 13 heteroatoms. The molecule has 12 nitrogen and oxygen atoms in total. The van der Waals surface area contributed by atoms with Gasteiger partial charge in [0.05, 0.1) is 29.0 Å². The number of rotatable bonds is 9. The predicted octanol–water partition coefficient (Wildman–Crippen LogP) is 6.90. The normalized spacial score (nSPS) is 19.1. The van der Waals surface area contributed by atoms with Crippen molar-refractivity contribution < 1.29 is 39.2 Å². The van der Waals surface area contributed by atoms with Gasteiger partial charge in [-0.2, -0.15) is 0 Å².